The maximum absolute atomic E-state index is 10.7. The molecule has 0 aliphatic carbocycles. The molecule has 2 rings (SSSR count). The standard InChI is InChI=1S/C14H14N4O2/c1-10-9-12(18(19)20)7-8-13(10)16-17-14(15)11-5-3-2-4-6-11/h2-9,16H,1H3,(H2,15,17). The van der Waals surface area contributed by atoms with E-state index in [9.17, 15) is 10.1 Å². The molecule has 2 aromatic rings. The van der Waals surface area contributed by atoms with Crippen LogP contribution in [-0.2, 0) is 0 Å². The van der Waals surface area contributed by atoms with E-state index >= 15 is 0 Å². The molecule has 0 saturated carbocycles. The van der Waals surface area contributed by atoms with Crippen LogP contribution in [0.4, 0.5) is 11.4 Å². The Kier molecular flexibility index (Phi) is 3.95. The maximum Gasteiger partial charge on any atom is 0.269 e. The van der Waals surface area contributed by atoms with Gasteiger partial charge >= 0.3 is 0 Å². The highest BCUT2D eigenvalue weighted by atomic mass is 16.6. The summed E-state index contributed by atoms with van der Waals surface area (Å²) < 4.78 is 0. The topological polar surface area (TPSA) is 93.5 Å². The third kappa shape index (κ3) is 3.11. The smallest absolute Gasteiger partial charge is 0.269 e. The van der Waals surface area contributed by atoms with Gasteiger partial charge in [-0.25, -0.2) is 0 Å². The van der Waals surface area contributed by atoms with E-state index in [1.807, 2.05) is 30.3 Å². The van der Waals surface area contributed by atoms with Crippen molar-refractivity contribution in [3.05, 3.63) is 69.8 Å². The van der Waals surface area contributed by atoms with Crippen molar-refractivity contribution in [1.82, 2.24) is 0 Å². The van der Waals surface area contributed by atoms with Crippen LogP contribution in [0.1, 0.15) is 11.1 Å². The van der Waals surface area contributed by atoms with Gasteiger partial charge < -0.3 is 5.73 Å². The molecule has 0 amide bonds. The Morgan fingerprint density at radius 1 is 1.25 bits per heavy atom. The van der Waals surface area contributed by atoms with E-state index < -0.39 is 4.92 Å². The van der Waals surface area contributed by atoms with Gasteiger partial charge in [0, 0.05) is 17.7 Å². The van der Waals surface area contributed by atoms with Gasteiger partial charge in [-0.05, 0) is 18.6 Å². The molecular weight excluding hydrogens is 256 g/mol. The fourth-order valence-electron chi connectivity index (χ4n) is 1.68. The first kappa shape index (κ1) is 13.5. The molecule has 0 unspecified atom stereocenters. The molecule has 2 aromatic carbocycles. The number of rotatable bonds is 4. The van der Waals surface area contributed by atoms with Gasteiger partial charge in [-0.1, -0.05) is 30.3 Å². The van der Waals surface area contributed by atoms with Gasteiger partial charge in [-0.2, -0.15) is 5.10 Å². The number of nitrogens with zero attached hydrogens (tertiary/aromatic N) is 2. The summed E-state index contributed by atoms with van der Waals surface area (Å²) >= 11 is 0. The highest BCUT2D eigenvalue weighted by molar-refractivity contribution is 5.97. The molecular formula is C14H14N4O2. The SMILES string of the molecule is Cc1cc([N+](=O)[O-])ccc1NN=C(N)c1ccccc1. The molecule has 0 atom stereocenters. The average Bonchev–Trinajstić information content (AvgIpc) is 2.46. The number of hydrazone groups is 1. The molecule has 20 heavy (non-hydrogen) atoms. The lowest BCUT2D eigenvalue weighted by Crippen LogP contribution is -2.15. The lowest BCUT2D eigenvalue weighted by molar-refractivity contribution is -0.384. The van der Waals surface area contributed by atoms with Crippen molar-refractivity contribution in [2.45, 2.75) is 6.92 Å². The van der Waals surface area contributed by atoms with E-state index in [-0.39, 0.29) is 5.69 Å². The normalized spacial score (nSPS) is 11.2. The van der Waals surface area contributed by atoms with Crippen LogP contribution in [0.5, 0.6) is 0 Å². The monoisotopic (exact) mass is 270 g/mol. The van der Waals surface area contributed by atoms with Gasteiger partial charge in [-0.3, -0.25) is 15.5 Å². The molecule has 0 aliphatic heterocycles. The fraction of sp³-hybridized carbons (Fsp3) is 0.0714. The molecule has 102 valence electrons. The number of hydrogen-bond donors (Lipinski definition) is 2. The van der Waals surface area contributed by atoms with E-state index in [0.29, 0.717) is 11.5 Å². The third-order valence-electron chi connectivity index (χ3n) is 2.79. The molecule has 6 nitrogen and oxygen atoms in total. The van der Waals surface area contributed by atoms with Crippen molar-refractivity contribution < 1.29 is 4.92 Å². The van der Waals surface area contributed by atoms with Crippen LogP contribution in [-0.4, -0.2) is 10.8 Å². The summed E-state index contributed by atoms with van der Waals surface area (Å²) in [6.45, 7) is 1.77. The number of nitrogens with one attached hydrogen (secondary N) is 1. The predicted octanol–water partition coefficient (Wildman–Crippen LogP) is 2.64. The molecule has 3 N–H and O–H groups in total. The average molecular weight is 270 g/mol. The number of benzene rings is 2. The molecule has 0 saturated heterocycles. The second-order valence-corrected chi connectivity index (χ2v) is 4.23. The third-order valence-corrected chi connectivity index (χ3v) is 2.79. The van der Waals surface area contributed by atoms with Gasteiger partial charge in [0.1, 0.15) is 0 Å². The number of anilines is 1. The molecule has 0 spiro atoms. The van der Waals surface area contributed by atoms with Crippen LogP contribution >= 0.6 is 0 Å². The zero-order valence-electron chi connectivity index (χ0n) is 10.9. The fourth-order valence-corrected chi connectivity index (χ4v) is 1.68. The van der Waals surface area contributed by atoms with Crippen molar-refractivity contribution in [2.24, 2.45) is 10.8 Å². The first-order valence-corrected chi connectivity index (χ1v) is 5.97. The van der Waals surface area contributed by atoms with E-state index in [1.165, 1.54) is 12.1 Å². The van der Waals surface area contributed by atoms with Crippen LogP contribution in [0.15, 0.2) is 53.6 Å². The molecule has 0 fully saturated rings. The van der Waals surface area contributed by atoms with Crippen LogP contribution < -0.4 is 11.2 Å². The molecule has 6 heteroatoms. The number of nitro benzene ring substituents is 1. The van der Waals surface area contributed by atoms with Gasteiger partial charge in [0.15, 0.2) is 5.84 Å². The highest BCUT2D eigenvalue weighted by Gasteiger charge is 2.07. The summed E-state index contributed by atoms with van der Waals surface area (Å²) in [5.74, 6) is 0.350. The first-order valence-electron chi connectivity index (χ1n) is 5.97. The Labute approximate surface area is 116 Å². The summed E-state index contributed by atoms with van der Waals surface area (Å²) in [6.07, 6.45) is 0. The number of hydrogen-bond acceptors (Lipinski definition) is 4. The van der Waals surface area contributed by atoms with Crippen LogP contribution in [0.25, 0.3) is 0 Å². The van der Waals surface area contributed by atoms with Crippen molar-refractivity contribution in [3.63, 3.8) is 0 Å². The van der Waals surface area contributed by atoms with Crippen molar-refractivity contribution in [3.8, 4) is 0 Å². The van der Waals surface area contributed by atoms with Crippen LogP contribution in [0, 0.1) is 17.0 Å². The van der Waals surface area contributed by atoms with E-state index in [1.54, 1.807) is 13.0 Å². The Bertz CT molecular complexity index is 653. The van der Waals surface area contributed by atoms with E-state index in [0.717, 1.165) is 11.1 Å². The van der Waals surface area contributed by atoms with Crippen molar-refractivity contribution in [1.29, 1.82) is 0 Å². The Hall–Kier alpha value is -2.89. The number of nitro groups is 1. The van der Waals surface area contributed by atoms with E-state index in [4.69, 9.17) is 5.73 Å². The first-order chi connectivity index (χ1) is 9.58. The predicted molar refractivity (Wildman–Crippen MR) is 78.6 cm³/mol. The second kappa shape index (κ2) is 5.83. The highest BCUT2D eigenvalue weighted by Crippen LogP contribution is 2.21. The molecule has 0 heterocycles. The van der Waals surface area contributed by atoms with Crippen molar-refractivity contribution >= 4 is 17.2 Å². The van der Waals surface area contributed by atoms with Gasteiger partial charge in [0.2, 0.25) is 0 Å². The molecule has 0 aliphatic rings. The zero-order valence-corrected chi connectivity index (χ0v) is 10.9. The summed E-state index contributed by atoms with van der Waals surface area (Å²) in [4.78, 5) is 10.2. The summed E-state index contributed by atoms with van der Waals surface area (Å²) in [7, 11) is 0. The second-order valence-electron chi connectivity index (χ2n) is 4.23. The Morgan fingerprint density at radius 2 is 1.95 bits per heavy atom. The Balaban J connectivity index is 2.17. The minimum absolute atomic E-state index is 0.0491. The minimum Gasteiger partial charge on any atom is -0.382 e. The summed E-state index contributed by atoms with van der Waals surface area (Å²) in [6, 6.07) is 13.8. The summed E-state index contributed by atoms with van der Waals surface area (Å²) in [5, 5.41) is 14.7. The van der Waals surface area contributed by atoms with Crippen LogP contribution in [0.2, 0.25) is 0 Å². The molecule has 0 aromatic heterocycles. The van der Waals surface area contributed by atoms with E-state index in [2.05, 4.69) is 10.5 Å². The van der Waals surface area contributed by atoms with Gasteiger partial charge in [-0.15, -0.1) is 0 Å². The molecule has 0 bridgehead atoms. The maximum atomic E-state index is 10.7. The quantitative estimate of drug-likeness (QED) is 0.386. The van der Waals surface area contributed by atoms with Gasteiger partial charge in [0.05, 0.1) is 10.6 Å². The molecule has 0 radical (unpaired) electrons. The number of amidine groups is 1. The lowest BCUT2D eigenvalue weighted by Gasteiger charge is -2.06. The lowest BCUT2D eigenvalue weighted by atomic mass is 10.2. The van der Waals surface area contributed by atoms with Crippen LogP contribution in [0.3, 0.4) is 0 Å². The zero-order chi connectivity index (χ0) is 14.5. The number of non-ortho nitro benzene ring substituents is 1. The number of nitrogens with two attached hydrogens (primary N) is 1. The van der Waals surface area contributed by atoms with Crippen molar-refractivity contribution in [2.75, 3.05) is 5.43 Å². The largest absolute Gasteiger partial charge is 0.382 e. The summed E-state index contributed by atoms with van der Waals surface area (Å²) in [5.41, 5.74) is 10.9. The minimum atomic E-state index is -0.432. The number of aryl methyl sites for hydroxylation is 1. The van der Waals surface area contributed by atoms with Gasteiger partial charge in [0.25, 0.3) is 5.69 Å². The Morgan fingerprint density at radius 3 is 2.55 bits per heavy atom.